The second-order valence-electron chi connectivity index (χ2n) is 4.08. The number of hydrogen-bond acceptors (Lipinski definition) is 3. The van der Waals surface area contributed by atoms with Gasteiger partial charge in [0.15, 0.2) is 0 Å². The van der Waals surface area contributed by atoms with Crippen molar-refractivity contribution in [1.82, 2.24) is 5.32 Å². The predicted molar refractivity (Wildman–Crippen MR) is 78.9 cm³/mol. The van der Waals surface area contributed by atoms with Gasteiger partial charge in [-0.1, -0.05) is 13.3 Å². The molecule has 2 N–H and O–H groups in total. The van der Waals surface area contributed by atoms with E-state index in [-0.39, 0.29) is 17.7 Å². The monoisotopic (exact) mass is 363 g/mol. The van der Waals surface area contributed by atoms with E-state index >= 15 is 0 Å². The van der Waals surface area contributed by atoms with Gasteiger partial charge in [-0.15, -0.1) is 0 Å². The number of carbonyl (C=O) groups is 1. The zero-order chi connectivity index (χ0) is 13.5. The SMILES string of the molecule is CCCC(COC)NC(=O)c1ccc(I)c(O)c1. The van der Waals surface area contributed by atoms with Crippen molar-refractivity contribution in [3.63, 3.8) is 0 Å². The number of ether oxygens (including phenoxy) is 1. The Morgan fingerprint density at radius 1 is 1.56 bits per heavy atom. The Bertz CT molecular complexity index is 403. The summed E-state index contributed by atoms with van der Waals surface area (Å²) in [6.45, 7) is 2.56. The number of rotatable bonds is 6. The van der Waals surface area contributed by atoms with Gasteiger partial charge >= 0.3 is 0 Å². The summed E-state index contributed by atoms with van der Waals surface area (Å²) in [5.41, 5.74) is 0.463. The van der Waals surface area contributed by atoms with E-state index in [2.05, 4.69) is 12.2 Å². The van der Waals surface area contributed by atoms with Gasteiger partial charge in [0, 0.05) is 12.7 Å². The molecule has 5 heteroatoms. The first-order chi connectivity index (χ1) is 8.58. The van der Waals surface area contributed by atoms with E-state index in [1.165, 1.54) is 6.07 Å². The standard InChI is InChI=1S/C13H18INO3/c1-3-4-10(8-18-2)15-13(17)9-5-6-11(14)12(16)7-9/h5-7,10,16H,3-4,8H2,1-2H3,(H,15,17). The molecule has 0 spiro atoms. The number of nitrogens with one attached hydrogen (secondary N) is 1. The van der Waals surface area contributed by atoms with Gasteiger partial charge in [0.05, 0.1) is 16.2 Å². The minimum atomic E-state index is -0.183. The highest BCUT2D eigenvalue weighted by molar-refractivity contribution is 14.1. The molecule has 1 atom stereocenters. The van der Waals surface area contributed by atoms with E-state index < -0.39 is 0 Å². The van der Waals surface area contributed by atoms with E-state index in [4.69, 9.17) is 4.74 Å². The number of halogens is 1. The third-order valence-electron chi connectivity index (χ3n) is 2.55. The van der Waals surface area contributed by atoms with Crippen LogP contribution < -0.4 is 5.32 Å². The van der Waals surface area contributed by atoms with Crippen LogP contribution in [0.5, 0.6) is 5.75 Å². The Kier molecular flexibility index (Phi) is 6.42. The molecule has 1 amide bonds. The molecule has 1 aromatic rings. The highest BCUT2D eigenvalue weighted by Gasteiger charge is 2.13. The maximum absolute atomic E-state index is 12.0. The highest BCUT2D eigenvalue weighted by atomic mass is 127. The summed E-state index contributed by atoms with van der Waals surface area (Å²) in [4.78, 5) is 12.0. The van der Waals surface area contributed by atoms with Gasteiger partial charge in [0.1, 0.15) is 5.75 Å². The first-order valence-corrected chi connectivity index (χ1v) is 6.94. The van der Waals surface area contributed by atoms with Gasteiger partial charge in [-0.2, -0.15) is 0 Å². The molecule has 18 heavy (non-hydrogen) atoms. The molecule has 0 aromatic heterocycles. The summed E-state index contributed by atoms with van der Waals surface area (Å²) < 4.78 is 5.80. The van der Waals surface area contributed by atoms with Crippen LogP contribution >= 0.6 is 22.6 Å². The van der Waals surface area contributed by atoms with Gasteiger partial charge in [-0.3, -0.25) is 4.79 Å². The average molecular weight is 363 g/mol. The molecule has 0 radical (unpaired) electrons. The van der Waals surface area contributed by atoms with E-state index in [0.29, 0.717) is 12.2 Å². The Labute approximate surface area is 121 Å². The van der Waals surface area contributed by atoms with Gasteiger partial charge in [-0.25, -0.2) is 0 Å². The second kappa shape index (κ2) is 7.58. The third-order valence-corrected chi connectivity index (χ3v) is 3.46. The zero-order valence-electron chi connectivity index (χ0n) is 10.6. The van der Waals surface area contributed by atoms with Crippen LogP contribution in [0.25, 0.3) is 0 Å². The van der Waals surface area contributed by atoms with Crippen molar-refractivity contribution < 1.29 is 14.6 Å². The number of phenolic OH excluding ortho intramolecular Hbond substituents is 1. The Morgan fingerprint density at radius 3 is 2.83 bits per heavy atom. The minimum absolute atomic E-state index is 0.00826. The molecule has 100 valence electrons. The summed E-state index contributed by atoms with van der Waals surface area (Å²) >= 11 is 2.01. The van der Waals surface area contributed by atoms with E-state index in [1.807, 2.05) is 22.6 Å². The first kappa shape index (κ1) is 15.2. The maximum atomic E-state index is 12.0. The molecular formula is C13H18INO3. The number of phenols is 1. The molecule has 0 saturated heterocycles. The molecule has 0 aliphatic heterocycles. The fourth-order valence-electron chi connectivity index (χ4n) is 1.67. The molecule has 0 saturated carbocycles. The molecule has 0 aliphatic rings. The Morgan fingerprint density at radius 2 is 2.28 bits per heavy atom. The van der Waals surface area contributed by atoms with Crippen LogP contribution in [0.15, 0.2) is 18.2 Å². The summed E-state index contributed by atoms with van der Waals surface area (Å²) in [5, 5.41) is 12.5. The van der Waals surface area contributed by atoms with Crippen molar-refractivity contribution in [3.8, 4) is 5.75 Å². The van der Waals surface area contributed by atoms with Crippen LogP contribution in [0.1, 0.15) is 30.1 Å². The van der Waals surface area contributed by atoms with E-state index in [0.717, 1.165) is 16.4 Å². The first-order valence-electron chi connectivity index (χ1n) is 5.86. The number of methoxy groups -OCH3 is 1. The quantitative estimate of drug-likeness (QED) is 0.764. The number of carbonyl (C=O) groups excluding carboxylic acids is 1. The normalized spacial score (nSPS) is 12.2. The lowest BCUT2D eigenvalue weighted by Crippen LogP contribution is -2.37. The largest absolute Gasteiger partial charge is 0.507 e. The van der Waals surface area contributed by atoms with Gasteiger partial charge in [-0.05, 0) is 47.2 Å². The fourth-order valence-corrected chi connectivity index (χ4v) is 2.00. The van der Waals surface area contributed by atoms with Crippen molar-refractivity contribution in [1.29, 1.82) is 0 Å². The van der Waals surface area contributed by atoms with Crippen molar-refractivity contribution in [2.75, 3.05) is 13.7 Å². The maximum Gasteiger partial charge on any atom is 0.251 e. The van der Waals surface area contributed by atoms with Gasteiger partial charge in [0.2, 0.25) is 0 Å². The molecule has 0 bridgehead atoms. The predicted octanol–water partition coefficient (Wildman–Crippen LogP) is 2.54. The third kappa shape index (κ3) is 4.45. The van der Waals surface area contributed by atoms with Gasteiger partial charge in [0.25, 0.3) is 5.91 Å². The number of aromatic hydroxyl groups is 1. The van der Waals surface area contributed by atoms with Crippen LogP contribution in [0.3, 0.4) is 0 Å². The smallest absolute Gasteiger partial charge is 0.251 e. The van der Waals surface area contributed by atoms with Crippen LogP contribution in [-0.4, -0.2) is 30.8 Å². The fraction of sp³-hybridized carbons (Fsp3) is 0.462. The Balaban J connectivity index is 2.70. The lowest BCUT2D eigenvalue weighted by atomic mass is 10.1. The van der Waals surface area contributed by atoms with Crippen molar-refractivity contribution in [2.24, 2.45) is 0 Å². The summed E-state index contributed by atoms with van der Waals surface area (Å²) in [6, 6.07) is 4.91. The molecule has 1 aromatic carbocycles. The topological polar surface area (TPSA) is 58.6 Å². The van der Waals surface area contributed by atoms with Crippen molar-refractivity contribution >= 4 is 28.5 Å². The molecule has 1 unspecified atom stereocenters. The number of hydrogen-bond donors (Lipinski definition) is 2. The second-order valence-corrected chi connectivity index (χ2v) is 5.24. The van der Waals surface area contributed by atoms with Gasteiger partial charge < -0.3 is 15.2 Å². The van der Waals surface area contributed by atoms with Crippen molar-refractivity contribution in [2.45, 2.75) is 25.8 Å². The highest BCUT2D eigenvalue weighted by Crippen LogP contribution is 2.20. The Hall–Kier alpha value is -0.820. The van der Waals surface area contributed by atoms with Crippen molar-refractivity contribution in [3.05, 3.63) is 27.3 Å². The van der Waals surface area contributed by atoms with E-state index in [9.17, 15) is 9.90 Å². The van der Waals surface area contributed by atoms with Crippen LogP contribution in [0.4, 0.5) is 0 Å². The molecule has 1 rings (SSSR count). The van der Waals surface area contributed by atoms with Crippen LogP contribution in [-0.2, 0) is 4.74 Å². The lowest BCUT2D eigenvalue weighted by Gasteiger charge is -2.17. The van der Waals surface area contributed by atoms with Crippen LogP contribution in [0, 0.1) is 3.57 Å². The molecule has 0 aliphatic carbocycles. The molecule has 0 heterocycles. The average Bonchev–Trinajstić information content (AvgIpc) is 2.33. The molecular weight excluding hydrogens is 345 g/mol. The molecule has 0 fully saturated rings. The summed E-state index contributed by atoms with van der Waals surface area (Å²) in [6.07, 6.45) is 1.85. The van der Waals surface area contributed by atoms with E-state index in [1.54, 1.807) is 19.2 Å². The summed E-state index contributed by atoms with van der Waals surface area (Å²) in [5.74, 6) is -0.0563. The van der Waals surface area contributed by atoms with Crippen LogP contribution in [0.2, 0.25) is 0 Å². The lowest BCUT2D eigenvalue weighted by molar-refractivity contribution is 0.0891. The number of amides is 1. The summed E-state index contributed by atoms with van der Waals surface area (Å²) in [7, 11) is 1.62. The minimum Gasteiger partial charge on any atom is -0.507 e. The number of benzene rings is 1. The molecule has 4 nitrogen and oxygen atoms in total. The zero-order valence-corrected chi connectivity index (χ0v) is 12.7.